The van der Waals surface area contributed by atoms with Gasteiger partial charge in [-0.2, -0.15) is 0 Å². The fourth-order valence-electron chi connectivity index (χ4n) is 2.54. The fraction of sp³-hybridized carbons (Fsp3) is 0.438. The van der Waals surface area contributed by atoms with Gasteiger partial charge in [-0.05, 0) is 12.3 Å². The van der Waals surface area contributed by atoms with Crippen LogP contribution < -0.4 is 10.9 Å². The first kappa shape index (κ1) is 18.1. The van der Waals surface area contributed by atoms with Crippen LogP contribution in [0.25, 0.3) is 0 Å². The third-order valence-corrected chi connectivity index (χ3v) is 5.65. The molecule has 24 heavy (non-hydrogen) atoms. The molecule has 1 aliphatic rings. The number of rotatable bonds is 6. The predicted molar refractivity (Wildman–Crippen MR) is 87.7 cm³/mol. The van der Waals surface area contributed by atoms with Crippen LogP contribution in [-0.2, 0) is 19.4 Å². The van der Waals surface area contributed by atoms with Crippen LogP contribution in [0.15, 0.2) is 30.3 Å². The van der Waals surface area contributed by atoms with E-state index in [1.165, 1.54) is 0 Å². The average molecular weight is 352 g/mol. The summed E-state index contributed by atoms with van der Waals surface area (Å²) in [5, 5.41) is 0. The molecule has 1 aromatic rings. The van der Waals surface area contributed by atoms with E-state index >= 15 is 0 Å². The molecule has 1 aliphatic heterocycles. The average Bonchev–Trinajstić information content (AvgIpc) is 2.90. The van der Waals surface area contributed by atoms with Gasteiger partial charge in [0.15, 0.2) is 15.6 Å². The summed E-state index contributed by atoms with van der Waals surface area (Å²) < 4.78 is 22.6. The van der Waals surface area contributed by atoms with Gasteiger partial charge in [0, 0.05) is 24.8 Å². The summed E-state index contributed by atoms with van der Waals surface area (Å²) >= 11 is 0. The zero-order valence-electron chi connectivity index (χ0n) is 13.2. The Balaban J connectivity index is 1.66. The lowest BCUT2D eigenvalue weighted by Gasteiger charge is -2.09. The van der Waals surface area contributed by atoms with Crippen molar-refractivity contribution in [3.8, 4) is 0 Å². The molecule has 0 aliphatic carbocycles. The van der Waals surface area contributed by atoms with Crippen LogP contribution in [0.4, 0.5) is 0 Å². The van der Waals surface area contributed by atoms with Gasteiger partial charge in [-0.15, -0.1) is 0 Å². The van der Waals surface area contributed by atoms with Gasteiger partial charge in [0.25, 0.3) is 0 Å². The zero-order valence-corrected chi connectivity index (χ0v) is 14.0. The van der Waals surface area contributed by atoms with E-state index in [-0.39, 0.29) is 42.5 Å². The van der Waals surface area contributed by atoms with Gasteiger partial charge in [-0.3, -0.25) is 25.2 Å². The van der Waals surface area contributed by atoms with Crippen LogP contribution in [0.1, 0.15) is 36.0 Å². The Morgan fingerprint density at radius 3 is 2.29 bits per heavy atom. The van der Waals surface area contributed by atoms with Crippen molar-refractivity contribution in [2.75, 3.05) is 11.5 Å². The van der Waals surface area contributed by atoms with E-state index in [0.29, 0.717) is 12.0 Å². The number of sulfone groups is 1. The molecule has 2 N–H and O–H groups in total. The molecule has 2 rings (SSSR count). The highest BCUT2D eigenvalue weighted by Gasteiger charge is 2.29. The largest absolute Gasteiger partial charge is 0.294 e. The number of hydrogen-bond acceptors (Lipinski definition) is 5. The van der Waals surface area contributed by atoms with Gasteiger partial charge < -0.3 is 0 Å². The number of hydrazine groups is 1. The molecule has 2 amide bonds. The van der Waals surface area contributed by atoms with Crippen molar-refractivity contribution in [2.45, 2.75) is 25.7 Å². The van der Waals surface area contributed by atoms with E-state index in [1.807, 2.05) is 0 Å². The molecule has 0 radical (unpaired) electrons. The quantitative estimate of drug-likeness (QED) is 0.576. The molecule has 1 heterocycles. The second-order valence-corrected chi connectivity index (χ2v) is 8.09. The van der Waals surface area contributed by atoms with Gasteiger partial charge in [-0.25, -0.2) is 8.42 Å². The van der Waals surface area contributed by atoms with Crippen molar-refractivity contribution in [1.29, 1.82) is 0 Å². The Bertz CT molecular complexity index is 715. The molecular weight excluding hydrogens is 332 g/mol. The standard InChI is InChI=1S/C16H20N2O5S/c19-14(13-4-2-1-3-5-13)6-7-15(20)17-18-16(21)10-12-8-9-24(22,23)11-12/h1-5,12H,6-11H2,(H,17,20)(H,18,21)/t12-/m1/s1. The fourth-order valence-corrected chi connectivity index (χ4v) is 4.41. The summed E-state index contributed by atoms with van der Waals surface area (Å²) in [4.78, 5) is 35.2. The van der Waals surface area contributed by atoms with Crippen LogP contribution >= 0.6 is 0 Å². The summed E-state index contributed by atoms with van der Waals surface area (Å²) in [5.41, 5.74) is 5.04. The number of carbonyl (C=O) groups is 3. The predicted octanol–water partition coefficient (Wildman–Crippen LogP) is 0.622. The molecule has 130 valence electrons. The minimum atomic E-state index is -3.02. The summed E-state index contributed by atoms with van der Waals surface area (Å²) in [7, 11) is -3.02. The second-order valence-electron chi connectivity index (χ2n) is 5.86. The number of hydrogen-bond donors (Lipinski definition) is 2. The number of carbonyl (C=O) groups excluding carboxylic acids is 3. The molecule has 0 saturated carbocycles. The maximum Gasteiger partial charge on any atom is 0.238 e. The first-order chi connectivity index (χ1) is 11.4. The highest BCUT2D eigenvalue weighted by atomic mass is 32.2. The minimum Gasteiger partial charge on any atom is -0.294 e. The Labute approximate surface area is 140 Å². The van der Waals surface area contributed by atoms with Gasteiger partial charge in [0.2, 0.25) is 11.8 Å². The van der Waals surface area contributed by atoms with Gasteiger partial charge >= 0.3 is 0 Å². The van der Waals surface area contributed by atoms with Crippen LogP contribution in [-0.4, -0.2) is 37.5 Å². The molecule has 0 unspecified atom stereocenters. The van der Waals surface area contributed by atoms with Crippen molar-refractivity contribution >= 4 is 27.4 Å². The highest BCUT2D eigenvalue weighted by molar-refractivity contribution is 7.91. The second kappa shape index (κ2) is 8.05. The summed E-state index contributed by atoms with van der Waals surface area (Å²) in [5.74, 6) is -1.12. The zero-order chi connectivity index (χ0) is 17.6. The summed E-state index contributed by atoms with van der Waals surface area (Å²) in [6.45, 7) is 0. The number of amides is 2. The van der Waals surface area contributed by atoms with Crippen molar-refractivity contribution in [3.05, 3.63) is 35.9 Å². The maximum atomic E-state index is 11.9. The number of ketones is 1. The van der Waals surface area contributed by atoms with Gasteiger partial charge in [-0.1, -0.05) is 30.3 Å². The van der Waals surface area contributed by atoms with Crippen LogP contribution in [0.3, 0.4) is 0 Å². The molecule has 1 saturated heterocycles. The van der Waals surface area contributed by atoms with Crippen LogP contribution in [0.2, 0.25) is 0 Å². The monoisotopic (exact) mass is 352 g/mol. The van der Waals surface area contributed by atoms with Gasteiger partial charge in [0.1, 0.15) is 0 Å². The lowest BCUT2D eigenvalue weighted by molar-refractivity contribution is -0.129. The van der Waals surface area contributed by atoms with Gasteiger partial charge in [0.05, 0.1) is 11.5 Å². The third kappa shape index (κ3) is 5.77. The van der Waals surface area contributed by atoms with Crippen molar-refractivity contribution in [3.63, 3.8) is 0 Å². The molecule has 0 bridgehead atoms. The van der Waals surface area contributed by atoms with E-state index < -0.39 is 21.7 Å². The molecule has 0 spiro atoms. The summed E-state index contributed by atoms with van der Waals surface area (Å²) in [6.07, 6.45) is 0.538. The number of nitrogens with one attached hydrogen (secondary N) is 2. The molecule has 1 fully saturated rings. The topological polar surface area (TPSA) is 109 Å². The molecule has 0 aromatic heterocycles. The number of Topliss-reactive ketones (excluding diaryl/α,β-unsaturated/α-hetero) is 1. The lowest BCUT2D eigenvalue weighted by Crippen LogP contribution is -2.42. The minimum absolute atomic E-state index is 0.0138. The van der Waals surface area contributed by atoms with Crippen molar-refractivity contribution in [1.82, 2.24) is 10.9 Å². The maximum absolute atomic E-state index is 11.9. The van der Waals surface area contributed by atoms with E-state index in [9.17, 15) is 22.8 Å². The first-order valence-electron chi connectivity index (χ1n) is 7.72. The molecule has 8 heteroatoms. The lowest BCUT2D eigenvalue weighted by atomic mass is 10.1. The van der Waals surface area contributed by atoms with Crippen LogP contribution in [0, 0.1) is 5.92 Å². The Hall–Kier alpha value is -2.22. The Kier molecular flexibility index (Phi) is 6.08. The smallest absolute Gasteiger partial charge is 0.238 e. The van der Waals surface area contributed by atoms with E-state index in [4.69, 9.17) is 0 Å². The van der Waals surface area contributed by atoms with E-state index in [1.54, 1.807) is 30.3 Å². The first-order valence-corrected chi connectivity index (χ1v) is 9.54. The van der Waals surface area contributed by atoms with E-state index in [2.05, 4.69) is 10.9 Å². The SMILES string of the molecule is O=C(CCC(=O)c1ccccc1)NNC(=O)C[C@H]1CCS(=O)(=O)C1. The third-order valence-electron chi connectivity index (χ3n) is 3.82. The Morgan fingerprint density at radius 2 is 1.67 bits per heavy atom. The normalized spacial score (nSPS) is 18.8. The van der Waals surface area contributed by atoms with Crippen molar-refractivity contribution in [2.24, 2.45) is 5.92 Å². The molecule has 7 nitrogen and oxygen atoms in total. The Morgan fingerprint density at radius 1 is 1.00 bits per heavy atom. The molecular formula is C16H20N2O5S. The molecule has 1 aromatic carbocycles. The highest BCUT2D eigenvalue weighted by Crippen LogP contribution is 2.21. The van der Waals surface area contributed by atoms with Crippen LogP contribution in [0.5, 0.6) is 0 Å². The van der Waals surface area contributed by atoms with Crippen molar-refractivity contribution < 1.29 is 22.8 Å². The molecule has 1 atom stereocenters. The van der Waals surface area contributed by atoms with E-state index in [0.717, 1.165) is 0 Å². The summed E-state index contributed by atoms with van der Waals surface area (Å²) in [6, 6.07) is 8.65. The number of benzene rings is 1.